The maximum Gasteiger partial charge on any atom is 0.273 e. The molecule has 2 aromatic rings. The van der Waals surface area contributed by atoms with Gasteiger partial charge >= 0.3 is 0 Å². The maximum absolute atomic E-state index is 12.4. The van der Waals surface area contributed by atoms with E-state index in [0.717, 1.165) is 23.3 Å². The normalized spacial score (nSPS) is 11.1. The van der Waals surface area contributed by atoms with E-state index in [1.807, 2.05) is 25.1 Å². The molecule has 0 saturated heterocycles. The minimum atomic E-state index is -3.60. The summed E-state index contributed by atoms with van der Waals surface area (Å²) in [6, 6.07) is 12.3. The number of thiophene rings is 1. The SMILES string of the molecule is CCc1ccc(N(C)S(=O)(=O)c2ccc(C#N)s2)cc1. The van der Waals surface area contributed by atoms with E-state index in [1.165, 1.54) is 23.5 Å². The van der Waals surface area contributed by atoms with Crippen molar-refractivity contribution in [1.29, 1.82) is 5.26 Å². The van der Waals surface area contributed by atoms with Gasteiger partial charge in [0.2, 0.25) is 0 Å². The first-order chi connectivity index (χ1) is 9.48. The van der Waals surface area contributed by atoms with Gasteiger partial charge in [0, 0.05) is 7.05 Å². The highest BCUT2D eigenvalue weighted by atomic mass is 32.2. The Kier molecular flexibility index (Phi) is 4.12. The van der Waals surface area contributed by atoms with E-state index < -0.39 is 10.0 Å². The molecule has 0 atom stereocenters. The first-order valence-electron chi connectivity index (χ1n) is 6.07. The number of nitrogens with zero attached hydrogens (tertiary/aromatic N) is 2. The summed E-state index contributed by atoms with van der Waals surface area (Å²) >= 11 is 0.980. The zero-order chi connectivity index (χ0) is 14.8. The van der Waals surface area contributed by atoms with Gasteiger partial charge in [0.25, 0.3) is 10.0 Å². The van der Waals surface area contributed by atoms with E-state index in [4.69, 9.17) is 5.26 Å². The smallest absolute Gasteiger partial charge is 0.269 e. The number of anilines is 1. The first kappa shape index (κ1) is 14.6. The topological polar surface area (TPSA) is 61.2 Å². The molecule has 0 saturated carbocycles. The third kappa shape index (κ3) is 2.69. The Hall–Kier alpha value is -1.84. The van der Waals surface area contributed by atoms with Crippen LogP contribution in [-0.4, -0.2) is 15.5 Å². The molecular formula is C14H14N2O2S2. The number of sulfonamides is 1. The predicted molar refractivity (Wildman–Crippen MR) is 80.4 cm³/mol. The van der Waals surface area contributed by atoms with Crippen molar-refractivity contribution < 1.29 is 8.42 Å². The van der Waals surface area contributed by atoms with Gasteiger partial charge in [-0.05, 0) is 36.2 Å². The number of aryl methyl sites for hydroxylation is 1. The standard InChI is InChI=1S/C14H14N2O2S2/c1-3-11-4-6-12(7-5-11)16(2)20(17,18)14-9-8-13(10-15)19-14/h4-9H,3H2,1-2H3. The predicted octanol–water partition coefficient (Wildman–Crippen LogP) is 3.01. The summed E-state index contributed by atoms with van der Waals surface area (Å²) in [4.78, 5) is 0.387. The second-order valence-electron chi connectivity index (χ2n) is 4.22. The third-order valence-electron chi connectivity index (χ3n) is 3.01. The summed E-state index contributed by atoms with van der Waals surface area (Å²) in [5, 5.41) is 8.78. The molecule has 0 aliphatic rings. The van der Waals surface area contributed by atoms with E-state index in [2.05, 4.69) is 0 Å². The maximum atomic E-state index is 12.4. The largest absolute Gasteiger partial charge is 0.273 e. The van der Waals surface area contributed by atoms with Crippen LogP contribution < -0.4 is 4.31 Å². The van der Waals surface area contributed by atoms with E-state index in [9.17, 15) is 8.42 Å². The van der Waals surface area contributed by atoms with Crippen molar-refractivity contribution >= 4 is 27.0 Å². The highest BCUT2D eigenvalue weighted by Gasteiger charge is 2.23. The van der Waals surface area contributed by atoms with Gasteiger partial charge in [0.15, 0.2) is 0 Å². The molecule has 2 rings (SSSR count). The van der Waals surface area contributed by atoms with Crippen molar-refractivity contribution in [2.24, 2.45) is 0 Å². The Labute approximate surface area is 123 Å². The summed E-state index contributed by atoms with van der Waals surface area (Å²) < 4.78 is 26.3. The number of rotatable bonds is 4. The van der Waals surface area contributed by atoms with Crippen LogP contribution in [0.4, 0.5) is 5.69 Å². The molecule has 0 unspecified atom stereocenters. The number of hydrogen-bond acceptors (Lipinski definition) is 4. The Morgan fingerprint density at radius 2 is 1.85 bits per heavy atom. The minimum Gasteiger partial charge on any atom is -0.269 e. The molecule has 4 nitrogen and oxygen atoms in total. The lowest BCUT2D eigenvalue weighted by molar-refractivity contribution is 0.596. The molecule has 1 aromatic carbocycles. The van der Waals surface area contributed by atoms with Gasteiger partial charge in [-0.15, -0.1) is 11.3 Å². The van der Waals surface area contributed by atoms with Crippen molar-refractivity contribution in [1.82, 2.24) is 0 Å². The minimum absolute atomic E-state index is 0.177. The summed E-state index contributed by atoms with van der Waals surface area (Å²) in [7, 11) is -2.08. The molecule has 6 heteroatoms. The van der Waals surface area contributed by atoms with E-state index in [-0.39, 0.29) is 4.21 Å². The Balaban J connectivity index is 2.35. The van der Waals surface area contributed by atoms with Gasteiger partial charge in [-0.3, -0.25) is 4.31 Å². The van der Waals surface area contributed by atoms with Crippen LogP contribution in [0, 0.1) is 11.3 Å². The Morgan fingerprint density at radius 1 is 1.20 bits per heavy atom. The summed E-state index contributed by atoms with van der Waals surface area (Å²) in [5.41, 5.74) is 1.76. The van der Waals surface area contributed by atoms with Crippen molar-refractivity contribution in [3.05, 3.63) is 46.8 Å². The molecule has 0 spiro atoms. The van der Waals surface area contributed by atoms with Crippen LogP contribution in [0.5, 0.6) is 0 Å². The van der Waals surface area contributed by atoms with Gasteiger partial charge in [-0.1, -0.05) is 19.1 Å². The van der Waals surface area contributed by atoms with Crippen molar-refractivity contribution in [2.45, 2.75) is 17.6 Å². The zero-order valence-electron chi connectivity index (χ0n) is 11.2. The van der Waals surface area contributed by atoms with Crippen LogP contribution in [0.25, 0.3) is 0 Å². The number of benzene rings is 1. The van der Waals surface area contributed by atoms with E-state index in [0.29, 0.717) is 10.6 Å². The second-order valence-corrected chi connectivity index (χ2v) is 7.50. The zero-order valence-corrected chi connectivity index (χ0v) is 12.8. The molecule has 0 N–H and O–H groups in total. The van der Waals surface area contributed by atoms with Gasteiger partial charge in [-0.25, -0.2) is 8.42 Å². The second kappa shape index (κ2) is 5.65. The van der Waals surface area contributed by atoms with Gasteiger partial charge in [-0.2, -0.15) is 5.26 Å². The highest BCUT2D eigenvalue weighted by molar-refractivity contribution is 7.94. The summed E-state index contributed by atoms with van der Waals surface area (Å²) in [6.07, 6.45) is 0.910. The molecule has 0 aliphatic heterocycles. The van der Waals surface area contributed by atoms with Crippen molar-refractivity contribution in [2.75, 3.05) is 11.4 Å². The van der Waals surface area contributed by atoms with Crippen LogP contribution >= 0.6 is 11.3 Å². The van der Waals surface area contributed by atoms with Crippen LogP contribution in [0.1, 0.15) is 17.4 Å². The monoisotopic (exact) mass is 306 g/mol. The molecule has 0 fully saturated rings. The van der Waals surface area contributed by atoms with Crippen LogP contribution in [0.2, 0.25) is 0 Å². The van der Waals surface area contributed by atoms with Crippen molar-refractivity contribution in [3.8, 4) is 6.07 Å². The van der Waals surface area contributed by atoms with E-state index in [1.54, 1.807) is 12.1 Å². The highest BCUT2D eigenvalue weighted by Crippen LogP contribution is 2.27. The third-order valence-corrected chi connectivity index (χ3v) is 6.26. The van der Waals surface area contributed by atoms with E-state index >= 15 is 0 Å². The fourth-order valence-electron chi connectivity index (χ4n) is 1.73. The molecule has 0 amide bonds. The van der Waals surface area contributed by atoms with Gasteiger partial charge < -0.3 is 0 Å². The molecule has 1 heterocycles. The lowest BCUT2D eigenvalue weighted by Crippen LogP contribution is -2.25. The Bertz CT molecular complexity index is 740. The summed E-state index contributed by atoms with van der Waals surface area (Å²) in [6.45, 7) is 2.05. The molecule has 104 valence electrons. The van der Waals surface area contributed by atoms with Crippen LogP contribution in [0.15, 0.2) is 40.6 Å². The number of nitriles is 1. The fourth-order valence-corrected chi connectivity index (χ4v) is 4.20. The lowest BCUT2D eigenvalue weighted by Gasteiger charge is -2.18. The average Bonchev–Trinajstić information content (AvgIpc) is 2.96. The lowest BCUT2D eigenvalue weighted by atomic mass is 10.1. The Morgan fingerprint density at radius 3 is 2.35 bits per heavy atom. The molecule has 20 heavy (non-hydrogen) atoms. The fraction of sp³-hybridized carbons (Fsp3) is 0.214. The quantitative estimate of drug-likeness (QED) is 0.872. The molecule has 1 aromatic heterocycles. The number of hydrogen-bond donors (Lipinski definition) is 0. The molecular weight excluding hydrogens is 292 g/mol. The van der Waals surface area contributed by atoms with Crippen molar-refractivity contribution in [3.63, 3.8) is 0 Å². The van der Waals surface area contributed by atoms with Gasteiger partial charge in [0.05, 0.1) is 5.69 Å². The first-order valence-corrected chi connectivity index (χ1v) is 8.32. The molecule has 0 aliphatic carbocycles. The van der Waals surface area contributed by atoms with Gasteiger partial charge in [0.1, 0.15) is 15.2 Å². The molecule has 0 bridgehead atoms. The summed E-state index contributed by atoms with van der Waals surface area (Å²) in [5.74, 6) is 0. The average molecular weight is 306 g/mol. The van der Waals surface area contributed by atoms with Crippen LogP contribution in [0.3, 0.4) is 0 Å². The molecule has 0 radical (unpaired) electrons. The van der Waals surface area contributed by atoms with Crippen LogP contribution in [-0.2, 0) is 16.4 Å².